The van der Waals surface area contributed by atoms with Gasteiger partial charge in [-0.25, -0.2) is 0 Å². The lowest BCUT2D eigenvalue weighted by molar-refractivity contribution is 0.301. The summed E-state index contributed by atoms with van der Waals surface area (Å²) in [4.78, 5) is 1.56. The third-order valence-electron chi connectivity index (χ3n) is 3.61. The van der Waals surface area contributed by atoms with Crippen LogP contribution in [0.1, 0.15) is 29.3 Å². The van der Waals surface area contributed by atoms with E-state index in [1.807, 2.05) is 35.6 Å². The van der Waals surface area contributed by atoms with Crippen molar-refractivity contribution in [1.82, 2.24) is 5.32 Å². The van der Waals surface area contributed by atoms with Crippen LogP contribution in [-0.4, -0.2) is 13.2 Å². The van der Waals surface area contributed by atoms with Crippen LogP contribution in [0.4, 0.5) is 0 Å². The first kappa shape index (κ1) is 14.1. The van der Waals surface area contributed by atoms with Crippen molar-refractivity contribution >= 4 is 27.3 Å². The largest absolute Gasteiger partial charge is 0.492 e. The Morgan fingerprint density at radius 3 is 3.20 bits per heavy atom. The average Bonchev–Trinajstić information content (AvgIpc) is 2.93. The lowest BCUT2D eigenvalue weighted by Gasteiger charge is -2.23. The van der Waals surface area contributed by atoms with Crippen LogP contribution in [0.15, 0.2) is 40.2 Å². The number of aryl methyl sites for hydroxylation is 1. The fourth-order valence-electron chi connectivity index (χ4n) is 2.66. The molecule has 1 aromatic heterocycles. The first-order chi connectivity index (χ1) is 9.83. The van der Waals surface area contributed by atoms with Crippen molar-refractivity contribution in [3.8, 4) is 5.75 Å². The number of thiophene rings is 1. The predicted octanol–water partition coefficient (Wildman–Crippen LogP) is 4.56. The van der Waals surface area contributed by atoms with Crippen LogP contribution in [0, 0.1) is 0 Å². The Bertz CT molecular complexity index is 569. The molecular formula is C16H18BrNOS. The Morgan fingerprint density at radius 2 is 2.30 bits per heavy atom. The number of ether oxygens (including phenoxy) is 1. The van der Waals surface area contributed by atoms with Crippen molar-refractivity contribution in [3.05, 3.63) is 50.6 Å². The summed E-state index contributed by atoms with van der Waals surface area (Å²) in [7, 11) is 0. The van der Waals surface area contributed by atoms with Gasteiger partial charge >= 0.3 is 0 Å². The van der Waals surface area contributed by atoms with Crippen molar-refractivity contribution in [1.29, 1.82) is 0 Å². The minimum atomic E-state index is 0.510. The summed E-state index contributed by atoms with van der Waals surface area (Å²) in [5.74, 6) is 0.918. The van der Waals surface area contributed by atoms with Crippen LogP contribution in [0.5, 0.6) is 5.75 Å². The fraction of sp³-hybridized carbons (Fsp3) is 0.375. The summed E-state index contributed by atoms with van der Waals surface area (Å²) in [5, 5.41) is 5.83. The first-order valence-corrected chi connectivity index (χ1v) is 8.68. The maximum absolute atomic E-state index is 5.76. The van der Waals surface area contributed by atoms with Crippen LogP contribution in [0.25, 0.3) is 0 Å². The minimum absolute atomic E-state index is 0.510. The van der Waals surface area contributed by atoms with Crippen LogP contribution < -0.4 is 10.1 Å². The van der Waals surface area contributed by atoms with Crippen LogP contribution >= 0.6 is 27.3 Å². The molecule has 0 fully saturated rings. The summed E-state index contributed by atoms with van der Waals surface area (Å²) >= 11 is 5.34. The van der Waals surface area contributed by atoms with Gasteiger partial charge in [-0.1, -0.05) is 22.0 Å². The zero-order valence-corrected chi connectivity index (χ0v) is 13.7. The second-order valence-electron chi connectivity index (χ2n) is 5.00. The molecule has 0 saturated heterocycles. The van der Waals surface area contributed by atoms with Crippen LogP contribution in [0.2, 0.25) is 0 Å². The van der Waals surface area contributed by atoms with E-state index in [0.29, 0.717) is 12.6 Å². The summed E-state index contributed by atoms with van der Waals surface area (Å²) in [6.45, 7) is 1.58. The number of halogens is 1. The van der Waals surface area contributed by atoms with Gasteiger partial charge < -0.3 is 10.1 Å². The van der Waals surface area contributed by atoms with Gasteiger partial charge in [-0.3, -0.25) is 0 Å². The molecule has 0 saturated carbocycles. The lowest BCUT2D eigenvalue weighted by atomic mass is 9.94. The number of hydrogen-bond acceptors (Lipinski definition) is 3. The van der Waals surface area contributed by atoms with Crippen LogP contribution in [-0.2, 0) is 6.42 Å². The molecule has 1 aliphatic carbocycles. The smallest absolute Gasteiger partial charge is 0.120 e. The molecule has 1 atom stereocenters. The standard InChI is InChI=1S/C16H18BrNOS/c17-12-3-1-4-13(11-12)19-9-8-18-15-5-2-6-16-14(15)7-10-20-16/h1,3-4,7,10-11,15,18H,2,5-6,8-9H2. The van der Waals surface area contributed by atoms with E-state index in [9.17, 15) is 0 Å². The zero-order chi connectivity index (χ0) is 13.8. The van der Waals surface area contributed by atoms with Gasteiger partial charge in [0.25, 0.3) is 0 Å². The maximum atomic E-state index is 5.76. The summed E-state index contributed by atoms with van der Waals surface area (Å²) in [6, 6.07) is 10.8. The molecule has 0 spiro atoms. The Hall–Kier alpha value is -0.840. The van der Waals surface area contributed by atoms with E-state index in [1.165, 1.54) is 24.8 Å². The molecule has 1 heterocycles. The molecule has 1 aliphatic rings. The number of hydrogen-bond donors (Lipinski definition) is 1. The second kappa shape index (κ2) is 6.74. The molecule has 3 rings (SSSR count). The highest BCUT2D eigenvalue weighted by Gasteiger charge is 2.20. The molecule has 1 unspecified atom stereocenters. The molecule has 2 nitrogen and oxygen atoms in total. The minimum Gasteiger partial charge on any atom is -0.492 e. The van der Waals surface area contributed by atoms with Gasteiger partial charge in [-0.15, -0.1) is 11.3 Å². The van der Waals surface area contributed by atoms with Gasteiger partial charge in [0, 0.05) is 21.9 Å². The Balaban J connectivity index is 1.47. The van der Waals surface area contributed by atoms with Crippen molar-refractivity contribution in [2.45, 2.75) is 25.3 Å². The number of fused-ring (bicyclic) bond motifs is 1. The molecule has 1 aromatic carbocycles. The van der Waals surface area contributed by atoms with Crippen molar-refractivity contribution in [2.75, 3.05) is 13.2 Å². The van der Waals surface area contributed by atoms with Crippen molar-refractivity contribution in [2.24, 2.45) is 0 Å². The van der Waals surface area contributed by atoms with Gasteiger partial charge in [0.05, 0.1) is 0 Å². The highest BCUT2D eigenvalue weighted by molar-refractivity contribution is 9.10. The molecule has 0 aliphatic heterocycles. The van der Waals surface area contributed by atoms with Crippen LogP contribution in [0.3, 0.4) is 0 Å². The third-order valence-corrected chi connectivity index (χ3v) is 5.10. The number of nitrogens with one attached hydrogen (secondary N) is 1. The van der Waals surface area contributed by atoms with E-state index in [1.54, 1.807) is 4.88 Å². The van der Waals surface area contributed by atoms with Gasteiger partial charge in [0.2, 0.25) is 0 Å². The molecule has 106 valence electrons. The quantitative estimate of drug-likeness (QED) is 0.797. The fourth-order valence-corrected chi connectivity index (χ4v) is 4.02. The van der Waals surface area contributed by atoms with Gasteiger partial charge in [-0.2, -0.15) is 0 Å². The first-order valence-electron chi connectivity index (χ1n) is 7.01. The van der Waals surface area contributed by atoms with E-state index in [-0.39, 0.29) is 0 Å². The normalized spacial score (nSPS) is 17.8. The van der Waals surface area contributed by atoms with Gasteiger partial charge in [0.15, 0.2) is 0 Å². The van der Waals surface area contributed by atoms with E-state index >= 15 is 0 Å². The highest BCUT2D eigenvalue weighted by atomic mass is 79.9. The average molecular weight is 352 g/mol. The molecular weight excluding hydrogens is 334 g/mol. The van der Waals surface area contributed by atoms with E-state index in [0.717, 1.165) is 16.8 Å². The number of rotatable bonds is 5. The lowest BCUT2D eigenvalue weighted by Crippen LogP contribution is -2.28. The Kier molecular flexibility index (Phi) is 4.76. The Morgan fingerprint density at radius 1 is 1.35 bits per heavy atom. The molecule has 4 heteroatoms. The summed E-state index contributed by atoms with van der Waals surface area (Å²) in [5.41, 5.74) is 1.50. The van der Waals surface area contributed by atoms with Crippen molar-refractivity contribution < 1.29 is 4.74 Å². The highest BCUT2D eigenvalue weighted by Crippen LogP contribution is 2.33. The van der Waals surface area contributed by atoms with E-state index in [2.05, 4.69) is 32.7 Å². The van der Waals surface area contributed by atoms with E-state index in [4.69, 9.17) is 4.74 Å². The predicted molar refractivity (Wildman–Crippen MR) is 87.6 cm³/mol. The summed E-state index contributed by atoms with van der Waals surface area (Å²) < 4.78 is 6.81. The zero-order valence-electron chi connectivity index (χ0n) is 11.3. The monoisotopic (exact) mass is 351 g/mol. The molecule has 0 bridgehead atoms. The topological polar surface area (TPSA) is 21.3 Å². The van der Waals surface area contributed by atoms with Crippen molar-refractivity contribution in [3.63, 3.8) is 0 Å². The molecule has 0 amide bonds. The molecule has 2 aromatic rings. The molecule has 1 N–H and O–H groups in total. The molecule has 0 radical (unpaired) electrons. The second-order valence-corrected chi connectivity index (χ2v) is 6.92. The van der Waals surface area contributed by atoms with Gasteiger partial charge in [-0.05, 0) is 54.5 Å². The Labute approximate surface area is 132 Å². The van der Waals surface area contributed by atoms with Gasteiger partial charge in [0.1, 0.15) is 12.4 Å². The SMILES string of the molecule is Brc1cccc(OCCNC2CCCc3sccc32)c1. The third kappa shape index (κ3) is 3.43. The van der Waals surface area contributed by atoms with E-state index < -0.39 is 0 Å². The summed E-state index contributed by atoms with van der Waals surface area (Å²) in [6.07, 6.45) is 3.78. The number of benzene rings is 1. The maximum Gasteiger partial charge on any atom is 0.120 e. The molecule has 20 heavy (non-hydrogen) atoms.